The number of halogens is 3. The molecule has 0 spiro atoms. The molecule has 0 bridgehead atoms. The smallest absolute Gasteiger partial charge is 0.420 e. The van der Waals surface area contributed by atoms with Crippen LogP contribution in [0.1, 0.15) is 22.3 Å². The van der Waals surface area contributed by atoms with Gasteiger partial charge in [-0.2, -0.15) is 18.4 Å². The number of nitriles is 1. The van der Waals surface area contributed by atoms with Crippen LogP contribution in [0.25, 0.3) is 0 Å². The standard InChI is InChI=1S/C17H14F3NO2/c1-11-7-13(9-21)8-15(17(18,19)20)16(11)23-10-12-3-5-14(22-2)6-4-12/h3-8H,10H2,1-2H3. The summed E-state index contributed by atoms with van der Waals surface area (Å²) in [6.45, 7) is 1.47. The van der Waals surface area contributed by atoms with Crippen LogP contribution in [-0.4, -0.2) is 7.11 Å². The summed E-state index contributed by atoms with van der Waals surface area (Å²) in [5.41, 5.74) is -0.0123. The van der Waals surface area contributed by atoms with Crippen LogP contribution in [0.4, 0.5) is 13.2 Å². The number of nitrogens with zero attached hydrogens (tertiary/aromatic N) is 1. The van der Waals surface area contributed by atoms with Crippen LogP contribution in [0.2, 0.25) is 0 Å². The maximum Gasteiger partial charge on any atom is 0.420 e. The van der Waals surface area contributed by atoms with Gasteiger partial charge in [0.15, 0.2) is 0 Å². The van der Waals surface area contributed by atoms with Crippen LogP contribution < -0.4 is 9.47 Å². The zero-order chi connectivity index (χ0) is 17.0. The molecule has 0 atom stereocenters. The Morgan fingerprint density at radius 2 is 1.78 bits per heavy atom. The predicted octanol–water partition coefficient (Wildman–Crippen LogP) is 4.47. The molecule has 120 valence electrons. The number of alkyl halides is 3. The molecule has 0 amide bonds. The second-order valence-electron chi connectivity index (χ2n) is 4.92. The third kappa shape index (κ3) is 3.95. The van der Waals surface area contributed by atoms with Crippen molar-refractivity contribution < 1.29 is 22.6 Å². The molecule has 0 radical (unpaired) electrons. The highest BCUT2D eigenvalue weighted by Crippen LogP contribution is 2.39. The number of aryl methyl sites for hydroxylation is 1. The van der Waals surface area contributed by atoms with Gasteiger partial charge in [0.2, 0.25) is 0 Å². The molecule has 3 nitrogen and oxygen atoms in total. The van der Waals surface area contributed by atoms with Crippen molar-refractivity contribution in [2.24, 2.45) is 0 Å². The van der Waals surface area contributed by atoms with Gasteiger partial charge in [-0.25, -0.2) is 0 Å². The lowest BCUT2D eigenvalue weighted by atomic mass is 10.0. The maximum absolute atomic E-state index is 13.2. The number of benzene rings is 2. The zero-order valence-electron chi connectivity index (χ0n) is 12.6. The molecule has 2 aromatic rings. The average Bonchev–Trinajstić information content (AvgIpc) is 2.52. The van der Waals surface area contributed by atoms with Crippen LogP contribution in [0.5, 0.6) is 11.5 Å². The number of ether oxygens (including phenoxy) is 2. The normalized spacial score (nSPS) is 11.0. The summed E-state index contributed by atoms with van der Waals surface area (Å²) in [6, 6.07) is 10.7. The molecule has 0 saturated carbocycles. The number of hydrogen-bond acceptors (Lipinski definition) is 3. The Morgan fingerprint density at radius 1 is 1.13 bits per heavy atom. The van der Waals surface area contributed by atoms with Crippen LogP contribution in [0.15, 0.2) is 36.4 Å². The quantitative estimate of drug-likeness (QED) is 0.834. The summed E-state index contributed by atoms with van der Waals surface area (Å²) in [7, 11) is 1.53. The van der Waals surface area contributed by atoms with E-state index in [0.717, 1.165) is 6.07 Å². The fourth-order valence-electron chi connectivity index (χ4n) is 2.12. The van der Waals surface area contributed by atoms with Crippen LogP contribution in [0, 0.1) is 18.3 Å². The van der Waals surface area contributed by atoms with Crippen molar-refractivity contribution in [2.45, 2.75) is 19.7 Å². The zero-order valence-corrected chi connectivity index (χ0v) is 12.6. The summed E-state index contributed by atoms with van der Waals surface area (Å²) in [6.07, 6.45) is -4.59. The Morgan fingerprint density at radius 3 is 2.30 bits per heavy atom. The van der Waals surface area contributed by atoms with Gasteiger partial charge in [0, 0.05) is 0 Å². The third-order valence-corrected chi connectivity index (χ3v) is 3.25. The monoisotopic (exact) mass is 321 g/mol. The van der Waals surface area contributed by atoms with E-state index < -0.39 is 11.7 Å². The SMILES string of the molecule is COc1ccc(COc2c(C)cc(C#N)cc2C(F)(F)F)cc1. The van der Waals surface area contributed by atoms with Gasteiger partial charge in [0.25, 0.3) is 0 Å². The number of methoxy groups -OCH3 is 1. The second-order valence-corrected chi connectivity index (χ2v) is 4.92. The summed E-state index contributed by atoms with van der Waals surface area (Å²) < 4.78 is 49.9. The van der Waals surface area contributed by atoms with Crippen LogP contribution in [-0.2, 0) is 12.8 Å². The minimum absolute atomic E-state index is 0.0141. The number of rotatable bonds is 4. The van der Waals surface area contributed by atoms with E-state index in [2.05, 4.69) is 0 Å². The van der Waals surface area contributed by atoms with Gasteiger partial charge >= 0.3 is 6.18 Å². The van der Waals surface area contributed by atoms with E-state index in [1.165, 1.54) is 20.1 Å². The molecule has 2 aromatic carbocycles. The molecule has 0 fully saturated rings. The first-order chi connectivity index (χ1) is 10.8. The number of hydrogen-bond donors (Lipinski definition) is 0. The predicted molar refractivity (Wildman–Crippen MR) is 78.2 cm³/mol. The van der Waals surface area contributed by atoms with E-state index in [-0.39, 0.29) is 23.5 Å². The molecule has 6 heteroatoms. The van der Waals surface area contributed by atoms with Crippen molar-refractivity contribution in [3.63, 3.8) is 0 Å². The lowest BCUT2D eigenvalue weighted by molar-refractivity contribution is -0.139. The Kier molecular flexibility index (Phi) is 4.80. The highest BCUT2D eigenvalue weighted by atomic mass is 19.4. The molecule has 0 aliphatic carbocycles. The molecule has 0 aliphatic rings. The summed E-state index contributed by atoms with van der Waals surface area (Å²) in [4.78, 5) is 0. The van der Waals surface area contributed by atoms with Gasteiger partial charge in [-0.1, -0.05) is 12.1 Å². The molecular formula is C17H14F3NO2. The highest BCUT2D eigenvalue weighted by molar-refractivity contribution is 5.49. The molecule has 0 heterocycles. The van der Waals surface area contributed by atoms with Gasteiger partial charge in [0.05, 0.1) is 24.3 Å². The minimum atomic E-state index is -4.59. The first kappa shape index (κ1) is 16.7. The van der Waals surface area contributed by atoms with Crippen LogP contribution in [0.3, 0.4) is 0 Å². The van der Waals surface area contributed by atoms with Crippen molar-refractivity contribution in [1.29, 1.82) is 5.26 Å². The Hall–Kier alpha value is -2.68. The molecule has 23 heavy (non-hydrogen) atoms. The molecule has 0 saturated heterocycles. The Labute approximate surface area is 131 Å². The summed E-state index contributed by atoms with van der Waals surface area (Å²) in [5, 5.41) is 8.83. The van der Waals surface area contributed by atoms with Gasteiger partial charge in [-0.05, 0) is 42.3 Å². The lowest BCUT2D eigenvalue weighted by Crippen LogP contribution is -2.10. The Bertz CT molecular complexity index is 731. The van der Waals surface area contributed by atoms with Crippen molar-refractivity contribution >= 4 is 0 Å². The highest BCUT2D eigenvalue weighted by Gasteiger charge is 2.35. The fraction of sp³-hybridized carbons (Fsp3) is 0.235. The minimum Gasteiger partial charge on any atom is -0.497 e. The second kappa shape index (κ2) is 6.61. The van der Waals surface area contributed by atoms with Gasteiger partial charge in [0.1, 0.15) is 18.1 Å². The maximum atomic E-state index is 13.2. The van der Waals surface area contributed by atoms with Crippen LogP contribution >= 0.6 is 0 Å². The van der Waals surface area contributed by atoms with E-state index in [9.17, 15) is 13.2 Å². The van der Waals surface area contributed by atoms with E-state index in [0.29, 0.717) is 11.3 Å². The molecule has 0 N–H and O–H groups in total. The van der Waals surface area contributed by atoms with Crippen molar-refractivity contribution in [1.82, 2.24) is 0 Å². The first-order valence-corrected chi connectivity index (χ1v) is 6.73. The molecule has 0 aliphatic heterocycles. The van der Waals surface area contributed by atoms with E-state index in [4.69, 9.17) is 14.7 Å². The fourth-order valence-corrected chi connectivity index (χ4v) is 2.12. The molecule has 0 unspecified atom stereocenters. The molecule has 2 rings (SSSR count). The largest absolute Gasteiger partial charge is 0.497 e. The average molecular weight is 321 g/mol. The summed E-state index contributed by atoms with van der Waals surface area (Å²) >= 11 is 0. The van der Waals surface area contributed by atoms with Crippen molar-refractivity contribution in [3.8, 4) is 17.6 Å². The molecular weight excluding hydrogens is 307 g/mol. The van der Waals surface area contributed by atoms with E-state index in [1.54, 1.807) is 30.3 Å². The Balaban J connectivity index is 2.29. The molecule has 0 aromatic heterocycles. The third-order valence-electron chi connectivity index (χ3n) is 3.25. The topological polar surface area (TPSA) is 42.2 Å². The van der Waals surface area contributed by atoms with E-state index in [1.807, 2.05) is 0 Å². The van der Waals surface area contributed by atoms with Gasteiger partial charge in [-0.15, -0.1) is 0 Å². The van der Waals surface area contributed by atoms with Crippen molar-refractivity contribution in [2.75, 3.05) is 7.11 Å². The van der Waals surface area contributed by atoms with Gasteiger partial charge < -0.3 is 9.47 Å². The van der Waals surface area contributed by atoms with E-state index >= 15 is 0 Å². The van der Waals surface area contributed by atoms with Crippen molar-refractivity contribution in [3.05, 3.63) is 58.7 Å². The first-order valence-electron chi connectivity index (χ1n) is 6.73. The summed E-state index contributed by atoms with van der Waals surface area (Å²) in [5.74, 6) is 0.395. The lowest BCUT2D eigenvalue weighted by Gasteiger charge is -2.17. The van der Waals surface area contributed by atoms with Gasteiger partial charge in [-0.3, -0.25) is 0 Å².